The Morgan fingerprint density at radius 1 is 1.58 bits per heavy atom. The number of hydrogen-bond donors (Lipinski definition) is 2. The number of nitrogens with one attached hydrogen (secondary N) is 2. The predicted molar refractivity (Wildman–Crippen MR) is 75.2 cm³/mol. The topological polar surface area (TPSA) is 63.2 Å². The average Bonchev–Trinajstić information content (AvgIpc) is 2.95. The van der Waals surface area contributed by atoms with Crippen LogP contribution in [0.2, 0.25) is 0 Å². The van der Waals surface area contributed by atoms with Crippen molar-refractivity contribution in [3.8, 4) is 0 Å². The van der Waals surface area contributed by atoms with Crippen molar-refractivity contribution in [1.29, 1.82) is 0 Å². The molecule has 1 fully saturated rings. The van der Waals surface area contributed by atoms with Crippen LogP contribution in [0.25, 0.3) is 0 Å². The Bertz CT molecular complexity index is 413. The van der Waals surface area contributed by atoms with Crippen molar-refractivity contribution in [2.45, 2.75) is 45.3 Å². The molecule has 0 aromatic carbocycles. The van der Waals surface area contributed by atoms with Crippen LogP contribution in [0.5, 0.6) is 0 Å². The molecule has 1 aliphatic rings. The summed E-state index contributed by atoms with van der Waals surface area (Å²) in [4.78, 5) is 16.1. The van der Waals surface area contributed by atoms with E-state index in [0.29, 0.717) is 18.3 Å². The summed E-state index contributed by atoms with van der Waals surface area (Å²) in [6, 6.07) is 4.11. The summed E-state index contributed by atoms with van der Waals surface area (Å²) in [7, 11) is 0. The Morgan fingerprint density at radius 3 is 3.00 bits per heavy atom. The van der Waals surface area contributed by atoms with E-state index in [-0.39, 0.29) is 12.0 Å². The lowest BCUT2D eigenvalue weighted by atomic mass is 10.2. The van der Waals surface area contributed by atoms with E-state index >= 15 is 0 Å². The second kappa shape index (κ2) is 6.52. The van der Waals surface area contributed by atoms with Gasteiger partial charge in [-0.05, 0) is 38.3 Å². The van der Waals surface area contributed by atoms with E-state index in [2.05, 4.69) is 29.5 Å². The van der Waals surface area contributed by atoms with Crippen molar-refractivity contribution >= 4 is 17.4 Å². The summed E-state index contributed by atoms with van der Waals surface area (Å²) in [5.41, 5.74) is 0.704. The number of ether oxygens (including phenoxy) is 1. The van der Waals surface area contributed by atoms with Gasteiger partial charge in [0.25, 0.3) is 5.91 Å². The van der Waals surface area contributed by atoms with Crippen molar-refractivity contribution in [2.24, 2.45) is 0 Å². The molecule has 0 saturated carbocycles. The van der Waals surface area contributed by atoms with Crippen LogP contribution in [0.15, 0.2) is 18.3 Å². The number of carbonyl (C=O) groups is 1. The lowest BCUT2D eigenvalue weighted by Crippen LogP contribution is -2.26. The third kappa shape index (κ3) is 3.92. The molecule has 5 heteroatoms. The molecule has 2 heterocycles. The molecule has 0 bridgehead atoms. The second-order valence-corrected chi connectivity index (χ2v) is 4.88. The minimum absolute atomic E-state index is 0.0815. The van der Waals surface area contributed by atoms with Gasteiger partial charge < -0.3 is 15.4 Å². The first-order valence-electron chi connectivity index (χ1n) is 6.84. The molecule has 0 spiro atoms. The van der Waals surface area contributed by atoms with Crippen molar-refractivity contribution in [2.75, 3.05) is 17.2 Å². The molecule has 2 N–H and O–H groups in total. The summed E-state index contributed by atoms with van der Waals surface area (Å²) in [5, 5.41) is 6.10. The van der Waals surface area contributed by atoms with Gasteiger partial charge in [-0.3, -0.25) is 4.79 Å². The van der Waals surface area contributed by atoms with Gasteiger partial charge in [0.1, 0.15) is 11.9 Å². The predicted octanol–water partition coefficient (Wildman–Crippen LogP) is 2.41. The molecule has 2 rings (SSSR count). The Labute approximate surface area is 113 Å². The number of anilines is 2. The van der Waals surface area contributed by atoms with Crippen LogP contribution in [0.4, 0.5) is 11.5 Å². The lowest BCUT2D eigenvalue weighted by Gasteiger charge is -2.13. The average molecular weight is 263 g/mol. The molecule has 2 unspecified atom stereocenters. The summed E-state index contributed by atoms with van der Waals surface area (Å²) in [5.74, 6) is 0.742. The molecular weight excluding hydrogens is 242 g/mol. The van der Waals surface area contributed by atoms with E-state index in [1.54, 1.807) is 6.20 Å². The molecule has 104 valence electrons. The Balaban J connectivity index is 1.89. The summed E-state index contributed by atoms with van der Waals surface area (Å²) >= 11 is 0. The lowest BCUT2D eigenvalue weighted by molar-refractivity contribution is -0.124. The van der Waals surface area contributed by atoms with Crippen molar-refractivity contribution in [3.63, 3.8) is 0 Å². The van der Waals surface area contributed by atoms with E-state index in [0.717, 1.165) is 25.1 Å². The second-order valence-electron chi connectivity index (χ2n) is 4.88. The van der Waals surface area contributed by atoms with Gasteiger partial charge in [-0.25, -0.2) is 4.98 Å². The Kier molecular flexibility index (Phi) is 4.74. The van der Waals surface area contributed by atoms with Gasteiger partial charge in [0.2, 0.25) is 0 Å². The van der Waals surface area contributed by atoms with E-state index in [1.807, 2.05) is 12.1 Å². The van der Waals surface area contributed by atoms with Crippen molar-refractivity contribution in [3.05, 3.63) is 18.3 Å². The third-order valence-electron chi connectivity index (χ3n) is 3.26. The molecule has 5 nitrogen and oxygen atoms in total. The zero-order chi connectivity index (χ0) is 13.7. The Morgan fingerprint density at radius 2 is 2.42 bits per heavy atom. The summed E-state index contributed by atoms with van der Waals surface area (Å²) in [6.07, 6.45) is 4.15. The van der Waals surface area contributed by atoms with Crippen LogP contribution in [0, 0.1) is 0 Å². The van der Waals surface area contributed by atoms with Gasteiger partial charge in [0, 0.05) is 12.6 Å². The molecule has 2 atom stereocenters. The van der Waals surface area contributed by atoms with Crippen molar-refractivity contribution < 1.29 is 9.53 Å². The van der Waals surface area contributed by atoms with Gasteiger partial charge in [-0.1, -0.05) is 6.92 Å². The van der Waals surface area contributed by atoms with Gasteiger partial charge in [-0.15, -0.1) is 0 Å². The normalized spacial score (nSPS) is 20.0. The maximum atomic E-state index is 11.8. The molecule has 1 aromatic heterocycles. The van der Waals surface area contributed by atoms with E-state index in [9.17, 15) is 4.79 Å². The highest BCUT2D eigenvalue weighted by Crippen LogP contribution is 2.16. The number of amides is 1. The first-order chi connectivity index (χ1) is 9.19. The van der Waals surface area contributed by atoms with Crippen LogP contribution >= 0.6 is 0 Å². The molecular formula is C14H21N3O2. The minimum Gasteiger partial charge on any atom is -0.368 e. The number of hydrogen-bond acceptors (Lipinski definition) is 4. The van der Waals surface area contributed by atoms with Crippen LogP contribution in [-0.2, 0) is 9.53 Å². The van der Waals surface area contributed by atoms with Gasteiger partial charge in [-0.2, -0.15) is 0 Å². The third-order valence-corrected chi connectivity index (χ3v) is 3.26. The number of carbonyl (C=O) groups excluding carboxylic acids is 1. The van der Waals surface area contributed by atoms with Crippen LogP contribution in [0.3, 0.4) is 0 Å². The standard InChI is InChI=1S/C14H21N3O2/c1-3-10(2)16-13-7-6-11(9-15-13)17-14(18)12-5-4-8-19-12/h6-7,9-10,12H,3-5,8H2,1-2H3,(H,15,16)(H,17,18). The maximum absolute atomic E-state index is 11.8. The highest BCUT2D eigenvalue weighted by Gasteiger charge is 2.23. The van der Waals surface area contributed by atoms with Gasteiger partial charge >= 0.3 is 0 Å². The van der Waals surface area contributed by atoms with Crippen LogP contribution in [0.1, 0.15) is 33.1 Å². The number of aromatic nitrogens is 1. The number of pyridine rings is 1. The molecule has 1 saturated heterocycles. The highest BCUT2D eigenvalue weighted by molar-refractivity contribution is 5.94. The monoisotopic (exact) mass is 263 g/mol. The van der Waals surface area contributed by atoms with E-state index in [4.69, 9.17) is 4.74 Å². The fraction of sp³-hybridized carbons (Fsp3) is 0.571. The summed E-state index contributed by atoms with van der Waals surface area (Å²) in [6.45, 7) is 4.90. The first-order valence-corrected chi connectivity index (χ1v) is 6.84. The van der Waals surface area contributed by atoms with Gasteiger partial charge in [0.15, 0.2) is 0 Å². The zero-order valence-electron chi connectivity index (χ0n) is 11.5. The molecule has 0 aliphatic carbocycles. The molecule has 0 radical (unpaired) electrons. The van der Waals surface area contributed by atoms with E-state index in [1.165, 1.54) is 0 Å². The maximum Gasteiger partial charge on any atom is 0.253 e. The fourth-order valence-electron chi connectivity index (χ4n) is 1.91. The van der Waals surface area contributed by atoms with Gasteiger partial charge in [0.05, 0.1) is 11.9 Å². The summed E-state index contributed by atoms with van der Waals surface area (Å²) < 4.78 is 5.33. The number of nitrogens with zero attached hydrogens (tertiary/aromatic N) is 1. The molecule has 1 aliphatic heterocycles. The van der Waals surface area contributed by atoms with E-state index < -0.39 is 0 Å². The fourth-order valence-corrected chi connectivity index (χ4v) is 1.91. The largest absolute Gasteiger partial charge is 0.368 e. The molecule has 19 heavy (non-hydrogen) atoms. The molecule has 1 amide bonds. The zero-order valence-corrected chi connectivity index (χ0v) is 11.5. The van der Waals surface area contributed by atoms with Crippen LogP contribution in [-0.4, -0.2) is 29.6 Å². The van der Waals surface area contributed by atoms with Crippen molar-refractivity contribution in [1.82, 2.24) is 4.98 Å². The SMILES string of the molecule is CCC(C)Nc1ccc(NC(=O)C2CCCO2)cn1. The highest BCUT2D eigenvalue weighted by atomic mass is 16.5. The smallest absolute Gasteiger partial charge is 0.253 e. The van der Waals surface area contributed by atoms with Crippen LogP contribution < -0.4 is 10.6 Å². The number of rotatable bonds is 5. The quantitative estimate of drug-likeness (QED) is 0.856. The first kappa shape index (κ1) is 13.8. The minimum atomic E-state index is -0.307. The molecule has 1 aromatic rings. The Hall–Kier alpha value is -1.62.